The Labute approximate surface area is 164 Å². The van der Waals surface area contributed by atoms with Crippen LogP contribution in [0.5, 0.6) is 0 Å². The second-order valence-electron chi connectivity index (χ2n) is 6.99. The molecule has 0 aliphatic carbocycles. The van der Waals surface area contributed by atoms with E-state index in [2.05, 4.69) is 5.32 Å². The number of hydrogen-bond donors (Lipinski definition) is 2. The third kappa shape index (κ3) is 3.76. The Bertz CT molecular complexity index is 864. The highest BCUT2D eigenvalue weighted by atomic mass is 16.4. The van der Waals surface area contributed by atoms with Gasteiger partial charge >= 0.3 is 5.97 Å². The predicted molar refractivity (Wildman–Crippen MR) is 106 cm³/mol. The minimum atomic E-state index is -1.18. The van der Waals surface area contributed by atoms with Crippen LogP contribution >= 0.6 is 0 Å². The summed E-state index contributed by atoms with van der Waals surface area (Å²) in [6.07, 6.45) is 1.74. The van der Waals surface area contributed by atoms with Crippen molar-refractivity contribution in [1.82, 2.24) is 5.32 Å². The Morgan fingerprint density at radius 1 is 1.11 bits per heavy atom. The maximum Gasteiger partial charge on any atom is 0.315 e. The van der Waals surface area contributed by atoms with Gasteiger partial charge in [-0.2, -0.15) is 0 Å². The minimum absolute atomic E-state index is 0.00591. The molecule has 28 heavy (non-hydrogen) atoms. The van der Waals surface area contributed by atoms with Crippen LogP contribution in [0.4, 0.5) is 5.69 Å². The van der Waals surface area contributed by atoms with Crippen LogP contribution in [-0.2, 0) is 15.0 Å². The number of nitrogens with one attached hydrogen (secondary N) is 1. The lowest BCUT2D eigenvalue weighted by Crippen LogP contribution is -2.46. The van der Waals surface area contributed by atoms with E-state index in [0.29, 0.717) is 30.5 Å². The second-order valence-corrected chi connectivity index (χ2v) is 6.99. The highest BCUT2D eigenvalue weighted by Crippen LogP contribution is 2.28. The van der Waals surface area contributed by atoms with Gasteiger partial charge in [0.15, 0.2) is 0 Å². The number of anilines is 1. The molecule has 0 aromatic heterocycles. The van der Waals surface area contributed by atoms with Gasteiger partial charge in [-0.3, -0.25) is 14.4 Å². The minimum Gasteiger partial charge on any atom is -0.481 e. The number of rotatable bonds is 7. The molecular weight excluding hydrogens is 356 g/mol. The first kappa shape index (κ1) is 19.6. The second kappa shape index (κ2) is 8.25. The van der Waals surface area contributed by atoms with Crippen LogP contribution < -0.4 is 10.2 Å². The van der Waals surface area contributed by atoms with Crippen molar-refractivity contribution in [3.05, 3.63) is 65.7 Å². The number of hydrogen-bond acceptors (Lipinski definition) is 3. The summed E-state index contributed by atoms with van der Waals surface area (Å²) in [5.74, 6) is -1.21. The van der Waals surface area contributed by atoms with Crippen molar-refractivity contribution in [1.29, 1.82) is 0 Å². The fourth-order valence-electron chi connectivity index (χ4n) is 3.59. The van der Waals surface area contributed by atoms with Gasteiger partial charge in [0.05, 0.1) is 0 Å². The van der Waals surface area contributed by atoms with Gasteiger partial charge in [0.2, 0.25) is 5.91 Å². The molecule has 1 saturated heterocycles. The zero-order valence-corrected chi connectivity index (χ0v) is 15.9. The third-order valence-corrected chi connectivity index (χ3v) is 5.40. The monoisotopic (exact) mass is 380 g/mol. The molecule has 6 nitrogen and oxygen atoms in total. The zero-order chi connectivity index (χ0) is 20.1. The number of carboxylic acids is 1. The SMILES string of the molecule is CCC(CNC(=O)c1ccc(N2CCCC2=O)cc1)(C(=O)O)c1ccccc1. The van der Waals surface area contributed by atoms with Crippen molar-refractivity contribution in [2.24, 2.45) is 0 Å². The highest BCUT2D eigenvalue weighted by molar-refractivity contribution is 5.98. The van der Waals surface area contributed by atoms with E-state index in [1.165, 1.54) is 0 Å². The highest BCUT2D eigenvalue weighted by Gasteiger charge is 2.39. The van der Waals surface area contributed by atoms with Gasteiger partial charge in [0.1, 0.15) is 5.41 Å². The summed E-state index contributed by atoms with van der Waals surface area (Å²) in [7, 11) is 0. The largest absolute Gasteiger partial charge is 0.481 e. The normalized spacial score (nSPS) is 15.9. The van der Waals surface area contributed by atoms with E-state index in [0.717, 1.165) is 12.1 Å². The molecule has 1 heterocycles. The van der Waals surface area contributed by atoms with E-state index >= 15 is 0 Å². The summed E-state index contributed by atoms with van der Waals surface area (Å²) >= 11 is 0. The molecule has 6 heteroatoms. The number of nitrogens with zero attached hydrogens (tertiary/aromatic N) is 1. The Morgan fingerprint density at radius 3 is 2.32 bits per heavy atom. The van der Waals surface area contributed by atoms with Crippen molar-refractivity contribution >= 4 is 23.5 Å². The summed E-state index contributed by atoms with van der Waals surface area (Å²) in [6, 6.07) is 15.8. The van der Waals surface area contributed by atoms with Crippen LogP contribution in [-0.4, -0.2) is 36.0 Å². The van der Waals surface area contributed by atoms with Crippen LogP contribution in [0.2, 0.25) is 0 Å². The maximum atomic E-state index is 12.6. The fraction of sp³-hybridized carbons (Fsp3) is 0.318. The molecule has 1 aliphatic rings. The number of carbonyl (C=O) groups excluding carboxylic acids is 2. The van der Waals surface area contributed by atoms with Gasteiger partial charge in [0, 0.05) is 30.8 Å². The van der Waals surface area contributed by atoms with Gasteiger partial charge < -0.3 is 15.3 Å². The van der Waals surface area contributed by atoms with Crippen molar-refractivity contribution < 1.29 is 19.5 Å². The maximum absolute atomic E-state index is 12.6. The molecule has 0 bridgehead atoms. The average Bonchev–Trinajstić information content (AvgIpc) is 3.15. The molecule has 146 valence electrons. The van der Waals surface area contributed by atoms with Gasteiger partial charge in [0.25, 0.3) is 5.91 Å². The molecule has 1 aliphatic heterocycles. The number of carboxylic acid groups (broad SMARTS) is 1. The molecule has 0 saturated carbocycles. The Morgan fingerprint density at radius 2 is 1.79 bits per heavy atom. The summed E-state index contributed by atoms with van der Waals surface area (Å²) in [5.41, 5.74) is 0.683. The van der Waals surface area contributed by atoms with Crippen molar-refractivity contribution in [2.75, 3.05) is 18.0 Å². The van der Waals surface area contributed by atoms with Crippen molar-refractivity contribution in [3.8, 4) is 0 Å². The van der Waals surface area contributed by atoms with E-state index in [1.807, 2.05) is 6.07 Å². The molecule has 2 amide bonds. The van der Waals surface area contributed by atoms with Gasteiger partial charge in [-0.15, -0.1) is 0 Å². The summed E-state index contributed by atoms with van der Waals surface area (Å²) in [5, 5.41) is 12.6. The fourth-order valence-corrected chi connectivity index (χ4v) is 3.59. The lowest BCUT2D eigenvalue weighted by atomic mass is 9.78. The van der Waals surface area contributed by atoms with E-state index < -0.39 is 11.4 Å². The molecule has 2 aromatic carbocycles. The third-order valence-electron chi connectivity index (χ3n) is 5.40. The van der Waals surface area contributed by atoms with Crippen LogP contribution in [0.3, 0.4) is 0 Å². The lowest BCUT2D eigenvalue weighted by molar-refractivity contribution is -0.143. The number of benzene rings is 2. The number of carbonyl (C=O) groups is 3. The predicted octanol–water partition coefficient (Wildman–Crippen LogP) is 2.98. The average molecular weight is 380 g/mol. The van der Waals surface area contributed by atoms with Gasteiger partial charge in [-0.05, 0) is 42.7 Å². The molecule has 2 N–H and O–H groups in total. The number of amides is 2. The first-order valence-corrected chi connectivity index (χ1v) is 9.45. The standard InChI is InChI=1S/C22H24N2O4/c1-2-22(21(27)28,17-7-4-3-5-8-17)15-23-20(26)16-10-12-18(13-11-16)24-14-6-9-19(24)25/h3-5,7-8,10-13H,2,6,9,14-15H2,1H3,(H,23,26)(H,27,28). The van der Waals surface area contributed by atoms with E-state index in [4.69, 9.17) is 0 Å². The molecule has 1 fully saturated rings. The summed E-state index contributed by atoms with van der Waals surface area (Å²) in [6.45, 7) is 2.49. The zero-order valence-electron chi connectivity index (χ0n) is 15.9. The summed E-state index contributed by atoms with van der Waals surface area (Å²) in [4.78, 5) is 38.2. The molecule has 0 radical (unpaired) electrons. The van der Waals surface area contributed by atoms with Crippen LogP contribution in [0.25, 0.3) is 0 Å². The Hall–Kier alpha value is -3.15. The van der Waals surface area contributed by atoms with E-state index in [-0.39, 0.29) is 18.4 Å². The molecule has 1 atom stereocenters. The van der Waals surface area contributed by atoms with Crippen LogP contribution in [0.1, 0.15) is 42.1 Å². The number of aliphatic carboxylic acids is 1. The first-order chi connectivity index (χ1) is 13.5. The van der Waals surface area contributed by atoms with Gasteiger partial charge in [-0.25, -0.2) is 0 Å². The Balaban J connectivity index is 1.73. The lowest BCUT2D eigenvalue weighted by Gasteiger charge is -2.29. The smallest absolute Gasteiger partial charge is 0.315 e. The first-order valence-electron chi connectivity index (χ1n) is 9.45. The summed E-state index contributed by atoms with van der Waals surface area (Å²) < 4.78 is 0. The van der Waals surface area contributed by atoms with Crippen LogP contribution in [0.15, 0.2) is 54.6 Å². The molecular formula is C22H24N2O4. The Kier molecular flexibility index (Phi) is 5.78. The van der Waals surface area contributed by atoms with Crippen molar-refractivity contribution in [2.45, 2.75) is 31.6 Å². The molecule has 2 aromatic rings. The van der Waals surface area contributed by atoms with Gasteiger partial charge in [-0.1, -0.05) is 37.3 Å². The van der Waals surface area contributed by atoms with Crippen molar-refractivity contribution in [3.63, 3.8) is 0 Å². The topological polar surface area (TPSA) is 86.7 Å². The molecule has 0 spiro atoms. The molecule has 1 unspecified atom stereocenters. The van der Waals surface area contributed by atoms with E-state index in [9.17, 15) is 19.5 Å². The quantitative estimate of drug-likeness (QED) is 0.773. The van der Waals surface area contributed by atoms with Crippen LogP contribution in [0, 0.1) is 0 Å². The molecule has 3 rings (SSSR count). The van der Waals surface area contributed by atoms with E-state index in [1.54, 1.807) is 60.4 Å².